The van der Waals surface area contributed by atoms with E-state index in [1.165, 1.54) is 6.26 Å². The number of aromatic nitrogens is 4. The van der Waals surface area contributed by atoms with E-state index >= 15 is 0 Å². The second-order valence-corrected chi connectivity index (χ2v) is 9.86. The van der Waals surface area contributed by atoms with E-state index in [0.29, 0.717) is 85.9 Å². The summed E-state index contributed by atoms with van der Waals surface area (Å²) in [5.41, 5.74) is 1.46. The van der Waals surface area contributed by atoms with E-state index in [-0.39, 0.29) is 18.8 Å². The average molecular weight is 536 g/mol. The van der Waals surface area contributed by atoms with Gasteiger partial charge in [-0.2, -0.15) is 4.98 Å². The molecule has 13 nitrogen and oxygen atoms in total. The van der Waals surface area contributed by atoms with Gasteiger partial charge >= 0.3 is 0 Å². The lowest BCUT2D eigenvalue weighted by molar-refractivity contribution is -0.0242. The summed E-state index contributed by atoms with van der Waals surface area (Å²) >= 11 is 0. The van der Waals surface area contributed by atoms with E-state index in [9.17, 15) is 15.0 Å². The van der Waals surface area contributed by atoms with Crippen LogP contribution in [0.5, 0.6) is 0 Å². The molecule has 6 rings (SSSR count). The number of piperidine rings is 1. The highest BCUT2D eigenvalue weighted by Crippen LogP contribution is 2.34. The molecule has 0 bridgehead atoms. The maximum Gasteiger partial charge on any atom is 0.300 e. The van der Waals surface area contributed by atoms with Crippen LogP contribution in [0.15, 0.2) is 39.5 Å². The molecular weight excluding hydrogens is 506 g/mol. The summed E-state index contributed by atoms with van der Waals surface area (Å²) in [6.45, 7) is 4.64. The minimum atomic E-state index is -1.28. The lowest BCUT2D eigenvalue weighted by Crippen LogP contribution is -2.51. The Hall–Kier alpha value is -4.07. The Morgan fingerprint density at radius 1 is 1.15 bits per heavy atom. The van der Waals surface area contributed by atoms with Gasteiger partial charge in [-0.25, -0.2) is 9.97 Å². The fourth-order valence-corrected chi connectivity index (χ4v) is 4.86. The first-order valence-electron chi connectivity index (χ1n) is 12.8. The van der Waals surface area contributed by atoms with Crippen LogP contribution in [0.2, 0.25) is 0 Å². The molecule has 39 heavy (non-hydrogen) atoms. The Labute approximate surface area is 223 Å². The first kappa shape index (κ1) is 25.2. The van der Waals surface area contributed by atoms with Gasteiger partial charge in [-0.15, -0.1) is 0 Å². The minimum Gasteiger partial charge on any atom is -0.444 e. The van der Waals surface area contributed by atoms with Crippen molar-refractivity contribution < 1.29 is 28.6 Å². The Morgan fingerprint density at radius 3 is 2.79 bits per heavy atom. The molecule has 0 aliphatic carbocycles. The summed E-state index contributed by atoms with van der Waals surface area (Å²) in [7, 11) is 0. The minimum absolute atomic E-state index is 0.0857. The van der Waals surface area contributed by atoms with Gasteiger partial charge < -0.3 is 38.9 Å². The molecule has 4 aromatic heterocycles. The third kappa shape index (κ3) is 5.15. The van der Waals surface area contributed by atoms with Crippen LogP contribution in [0.4, 0.5) is 17.5 Å². The topological polar surface area (TPSA) is 163 Å². The molecule has 2 saturated heterocycles. The van der Waals surface area contributed by atoms with E-state index in [1.807, 2.05) is 22.8 Å². The summed E-state index contributed by atoms with van der Waals surface area (Å²) in [6, 6.07) is 5.67. The van der Waals surface area contributed by atoms with Crippen LogP contribution < -0.4 is 15.1 Å². The highest BCUT2D eigenvalue weighted by atomic mass is 16.5. The van der Waals surface area contributed by atoms with Crippen LogP contribution >= 0.6 is 0 Å². The van der Waals surface area contributed by atoms with Crippen LogP contribution in [0.3, 0.4) is 0 Å². The number of carbonyl (C=O) groups is 1. The molecule has 204 valence electrons. The number of aliphatic hydroxyl groups excluding tert-OH is 1. The van der Waals surface area contributed by atoms with Gasteiger partial charge in [0.2, 0.25) is 11.5 Å². The molecule has 2 aliphatic rings. The molecule has 1 amide bonds. The summed E-state index contributed by atoms with van der Waals surface area (Å²) in [4.78, 5) is 34.9. The molecule has 2 aliphatic heterocycles. The fraction of sp³-hybridized carbons (Fsp3) is 0.423. The fourth-order valence-electron chi connectivity index (χ4n) is 4.86. The quantitative estimate of drug-likeness (QED) is 0.329. The number of ether oxygens (including phenoxy) is 1. The number of amides is 1. The number of oxazole rings is 2. The maximum absolute atomic E-state index is 13.3. The Balaban J connectivity index is 1.33. The summed E-state index contributed by atoms with van der Waals surface area (Å²) < 4.78 is 17.0. The molecule has 0 saturated carbocycles. The molecule has 2 fully saturated rings. The number of hydrogen-bond acceptors (Lipinski definition) is 12. The standard InChI is InChI=1S/C26H29N7O6/c1-16-11-17(3-5-27-16)24-29-19(13-38-24)23(35)28-18-12-20-21(31-25(39-20)32-7-9-37-10-8-32)30-22(18)33-6-2-4-26(36,14-33)15-34/h3,5,11-13,34,36H,2,4,6-10,14-15H2,1H3,(H,28,35). The third-order valence-electron chi connectivity index (χ3n) is 6.91. The molecule has 6 heterocycles. The number of anilines is 3. The van der Waals surface area contributed by atoms with Crippen molar-refractivity contribution in [1.82, 2.24) is 19.9 Å². The highest BCUT2D eigenvalue weighted by Gasteiger charge is 2.35. The van der Waals surface area contributed by atoms with Gasteiger partial charge in [-0.05, 0) is 31.9 Å². The van der Waals surface area contributed by atoms with Gasteiger partial charge in [-0.3, -0.25) is 9.78 Å². The second kappa shape index (κ2) is 10.2. The molecule has 13 heteroatoms. The first-order chi connectivity index (χ1) is 18.9. The molecule has 0 spiro atoms. The number of nitrogens with zero attached hydrogens (tertiary/aromatic N) is 6. The zero-order chi connectivity index (χ0) is 27.0. The summed E-state index contributed by atoms with van der Waals surface area (Å²) in [5.74, 6) is 0.215. The average Bonchev–Trinajstić information content (AvgIpc) is 3.61. The van der Waals surface area contributed by atoms with Gasteiger partial charge in [0.15, 0.2) is 17.1 Å². The maximum atomic E-state index is 13.3. The SMILES string of the molecule is Cc1cc(-c2nc(C(=O)Nc3cc4oc(N5CCOCC5)nc4nc3N3CCCC(O)(CO)C3)co2)ccn1. The predicted molar refractivity (Wildman–Crippen MR) is 141 cm³/mol. The second-order valence-electron chi connectivity index (χ2n) is 9.86. The molecule has 0 aromatic carbocycles. The van der Waals surface area contributed by atoms with Crippen molar-refractivity contribution >= 4 is 34.7 Å². The van der Waals surface area contributed by atoms with Gasteiger partial charge in [0.1, 0.15) is 11.9 Å². The molecule has 4 aromatic rings. The number of fused-ring (bicyclic) bond motifs is 1. The zero-order valence-corrected chi connectivity index (χ0v) is 21.5. The molecular formula is C26H29N7O6. The van der Waals surface area contributed by atoms with E-state index < -0.39 is 11.5 Å². The number of rotatable bonds is 6. The number of hydrogen-bond donors (Lipinski definition) is 3. The predicted octanol–water partition coefficient (Wildman–Crippen LogP) is 1.99. The summed E-state index contributed by atoms with van der Waals surface area (Å²) in [5, 5.41) is 23.5. The highest BCUT2D eigenvalue weighted by molar-refractivity contribution is 6.05. The molecule has 3 N–H and O–H groups in total. The number of aryl methyl sites for hydroxylation is 1. The lowest BCUT2D eigenvalue weighted by Gasteiger charge is -2.39. The Morgan fingerprint density at radius 2 is 2.00 bits per heavy atom. The number of carbonyl (C=O) groups excluding carboxylic acids is 1. The van der Waals surface area contributed by atoms with Gasteiger partial charge in [0.05, 0.1) is 32.1 Å². The number of morpholine rings is 1. The first-order valence-corrected chi connectivity index (χ1v) is 12.8. The molecule has 1 unspecified atom stereocenters. The van der Waals surface area contributed by atoms with Crippen LogP contribution in [0, 0.1) is 6.92 Å². The van der Waals surface area contributed by atoms with E-state index in [0.717, 1.165) is 5.69 Å². The number of aliphatic hydroxyl groups is 2. The van der Waals surface area contributed by atoms with Crippen LogP contribution in [-0.4, -0.2) is 87.7 Å². The van der Waals surface area contributed by atoms with Crippen molar-refractivity contribution in [2.75, 3.05) is 61.1 Å². The largest absolute Gasteiger partial charge is 0.444 e. The van der Waals surface area contributed by atoms with Crippen molar-refractivity contribution in [2.24, 2.45) is 0 Å². The lowest BCUT2D eigenvalue weighted by atomic mass is 9.94. The van der Waals surface area contributed by atoms with Crippen molar-refractivity contribution in [3.8, 4) is 11.5 Å². The monoisotopic (exact) mass is 535 g/mol. The third-order valence-corrected chi connectivity index (χ3v) is 6.91. The normalized spacial score (nSPS) is 20.0. The molecule has 0 radical (unpaired) electrons. The summed E-state index contributed by atoms with van der Waals surface area (Å²) in [6.07, 6.45) is 4.05. The van der Waals surface area contributed by atoms with Gasteiger partial charge in [0.25, 0.3) is 11.9 Å². The van der Waals surface area contributed by atoms with Crippen molar-refractivity contribution in [1.29, 1.82) is 0 Å². The Bertz CT molecular complexity index is 1500. The van der Waals surface area contributed by atoms with E-state index in [1.54, 1.807) is 18.3 Å². The van der Waals surface area contributed by atoms with E-state index in [4.69, 9.17) is 18.6 Å². The molecule has 1 atom stereocenters. The Kier molecular flexibility index (Phi) is 6.62. The number of pyridine rings is 2. The van der Waals surface area contributed by atoms with Crippen molar-refractivity contribution in [2.45, 2.75) is 25.4 Å². The zero-order valence-electron chi connectivity index (χ0n) is 21.5. The van der Waals surface area contributed by atoms with Crippen molar-refractivity contribution in [3.63, 3.8) is 0 Å². The smallest absolute Gasteiger partial charge is 0.300 e. The number of β-amino-alcohol motifs (C(OH)–C–C–N with tert-alkyl or cyclic N) is 1. The van der Waals surface area contributed by atoms with Gasteiger partial charge in [0, 0.05) is 43.2 Å². The van der Waals surface area contributed by atoms with E-state index in [2.05, 4.69) is 20.3 Å². The van der Waals surface area contributed by atoms with Crippen molar-refractivity contribution in [3.05, 3.63) is 42.0 Å². The number of nitrogens with one attached hydrogen (secondary N) is 1. The van der Waals surface area contributed by atoms with Crippen LogP contribution in [-0.2, 0) is 4.74 Å². The van der Waals surface area contributed by atoms with Gasteiger partial charge in [-0.1, -0.05) is 0 Å². The van der Waals surface area contributed by atoms with Crippen LogP contribution in [0.25, 0.3) is 22.7 Å². The van der Waals surface area contributed by atoms with Crippen LogP contribution in [0.1, 0.15) is 29.0 Å².